The van der Waals surface area contributed by atoms with Crippen LogP contribution >= 0.6 is 39.9 Å². The van der Waals surface area contributed by atoms with E-state index in [9.17, 15) is 14.9 Å². The van der Waals surface area contributed by atoms with Crippen molar-refractivity contribution < 1.29 is 9.72 Å². The SMILES string of the molecule is O=C1/C(=C/c2ccc(Br)c([N+](=O)[O-])c2)SC(=S)N1Cc1ccccc1. The molecule has 1 fully saturated rings. The van der Waals surface area contributed by atoms with Crippen LogP contribution in [-0.2, 0) is 11.3 Å². The van der Waals surface area contributed by atoms with Crippen LogP contribution in [0.25, 0.3) is 6.08 Å². The van der Waals surface area contributed by atoms with E-state index in [1.54, 1.807) is 18.2 Å². The Bertz CT molecular complexity index is 900. The van der Waals surface area contributed by atoms with Crippen molar-refractivity contribution in [1.82, 2.24) is 4.90 Å². The summed E-state index contributed by atoms with van der Waals surface area (Å²) in [5, 5.41) is 11.0. The summed E-state index contributed by atoms with van der Waals surface area (Å²) >= 11 is 9.66. The van der Waals surface area contributed by atoms with Gasteiger partial charge in [0, 0.05) is 6.07 Å². The van der Waals surface area contributed by atoms with E-state index in [0.29, 0.717) is 25.8 Å². The number of nitro benzene ring substituents is 1. The third-order valence-electron chi connectivity index (χ3n) is 3.52. The highest BCUT2D eigenvalue weighted by Gasteiger charge is 2.32. The molecule has 8 heteroatoms. The predicted molar refractivity (Wildman–Crippen MR) is 106 cm³/mol. The lowest BCUT2D eigenvalue weighted by atomic mass is 10.2. The number of halogens is 1. The van der Waals surface area contributed by atoms with Gasteiger partial charge in [0.05, 0.1) is 20.8 Å². The molecule has 0 bridgehead atoms. The molecular formula is C17H11BrN2O3S2. The Morgan fingerprint density at radius 3 is 2.64 bits per heavy atom. The molecule has 0 unspecified atom stereocenters. The molecule has 1 aliphatic rings. The third-order valence-corrected chi connectivity index (χ3v) is 5.57. The lowest BCUT2D eigenvalue weighted by molar-refractivity contribution is -0.385. The van der Waals surface area contributed by atoms with Crippen molar-refractivity contribution in [2.24, 2.45) is 0 Å². The number of nitro groups is 1. The molecule has 0 spiro atoms. The van der Waals surface area contributed by atoms with Crippen LogP contribution in [0.3, 0.4) is 0 Å². The van der Waals surface area contributed by atoms with E-state index < -0.39 is 4.92 Å². The Hall–Kier alpha value is -2.03. The number of hydrogen-bond acceptors (Lipinski definition) is 5. The van der Waals surface area contributed by atoms with E-state index in [1.165, 1.54) is 22.7 Å². The molecule has 0 saturated carbocycles. The summed E-state index contributed by atoms with van der Waals surface area (Å²) < 4.78 is 0.873. The van der Waals surface area contributed by atoms with Gasteiger partial charge in [0.15, 0.2) is 0 Å². The lowest BCUT2D eigenvalue weighted by Gasteiger charge is -2.14. The second kappa shape index (κ2) is 7.47. The van der Waals surface area contributed by atoms with Gasteiger partial charge in [-0.2, -0.15) is 0 Å². The van der Waals surface area contributed by atoms with E-state index in [0.717, 1.165) is 5.56 Å². The van der Waals surface area contributed by atoms with Crippen LogP contribution in [0.15, 0.2) is 57.9 Å². The van der Waals surface area contributed by atoms with E-state index in [4.69, 9.17) is 12.2 Å². The number of thioether (sulfide) groups is 1. The first-order chi connectivity index (χ1) is 12.0. The zero-order valence-electron chi connectivity index (χ0n) is 12.7. The first kappa shape index (κ1) is 17.8. The number of hydrogen-bond donors (Lipinski definition) is 0. The Labute approximate surface area is 162 Å². The number of rotatable bonds is 4. The maximum Gasteiger partial charge on any atom is 0.284 e. The van der Waals surface area contributed by atoms with E-state index >= 15 is 0 Å². The second-order valence-corrected chi connectivity index (χ2v) is 7.75. The quantitative estimate of drug-likeness (QED) is 0.300. The van der Waals surface area contributed by atoms with Crippen LogP contribution in [0.2, 0.25) is 0 Å². The van der Waals surface area contributed by atoms with Gasteiger partial charge in [-0.1, -0.05) is 60.4 Å². The van der Waals surface area contributed by atoms with Crippen molar-refractivity contribution in [2.45, 2.75) is 6.54 Å². The Balaban J connectivity index is 1.85. The highest BCUT2D eigenvalue weighted by atomic mass is 79.9. The summed E-state index contributed by atoms with van der Waals surface area (Å²) in [6, 6.07) is 14.3. The highest BCUT2D eigenvalue weighted by Crippen LogP contribution is 2.34. The molecule has 1 saturated heterocycles. The fraction of sp³-hybridized carbons (Fsp3) is 0.0588. The van der Waals surface area contributed by atoms with E-state index in [-0.39, 0.29) is 11.6 Å². The zero-order chi connectivity index (χ0) is 18.0. The smallest absolute Gasteiger partial charge is 0.284 e. The minimum atomic E-state index is -0.470. The maximum atomic E-state index is 12.6. The van der Waals surface area contributed by atoms with Crippen molar-refractivity contribution in [2.75, 3.05) is 0 Å². The van der Waals surface area contributed by atoms with Crippen LogP contribution in [0.5, 0.6) is 0 Å². The Kier molecular flexibility index (Phi) is 5.31. The van der Waals surface area contributed by atoms with Crippen LogP contribution in [0.4, 0.5) is 5.69 Å². The molecule has 0 radical (unpaired) electrons. The molecular weight excluding hydrogens is 424 g/mol. The lowest BCUT2D eigenvalue weighted by Crippen LogP contribution is -2.27. The van der Waals surface area contributed by atoms with Gasteiger partial charge in [-0.3, -0.25) is 19.8 Å². The van der Waals surface area contributed by atoms with Crippen molar-refractivity contribution in [3.8, 4) is 0 Å². The number of amides is 1. The molecule has 2 aromatic rings. The van der Waals surface area contributed by atoms with Crippen LogP contribution < -0.4 is 0 Å². The minimum Gasteiger partial charge on any atom is -0.288 e. The third kappa shape index (κ3) is 3.97. The molecule has 126 valence electrons. The first-order valence-electron chi connectivity index (χ1n) is 7.19. The molecule has 0 aliphatic carbocycles. The monoisotopic (exact) mass is 434 g/mol. The van der Waals surface area contributed by atoms with Gasteiger partial charge in [0.2, 0.25) is 0 Å². The average molecular weight is 435 g/mol. The Morgan fingerprint density at radius 2 is 1.96 bits per heavy atom. The zero-order valence-corrected chi connectivity index (χ0v) is 15.9. The van der Waals surface area contributed by atoms with Gasteiger partial charge < -0.3 is 0 Å². The fourth-order valence-electron chi connectivity index (χ4n) is 2.31. The summed E-state index contributed by atoms with van der Waals surface area (Å²) in [4.78, 5) is 25.2. The molecule has 0 atom stereocenters. The molecule has 0 N–H and O–H groups in total. The van der Waals surface area contributed by atoms with Gasteiger partial charge in [0.1, 0.15) is 4.32 Å². The van der Waals surface area contributed by atoms with Crippen molar-refractivity contribution in [1.29, 1.82) is 0 Å². The fourth-order valence-corrected chi connectivity index (χ4v) is 3.96. The maximum absolute atomic E-state index is 12.6. The van der Waals surface area contributed by atoms with E-state index in [1.807, 2.05) is 30.3 Å². The standard InChI is InChI=1S/C17H11BrN2O3S2/c18-13-7-6-12(8-14(13)20(22)23)9-15-16(21)19(17(24)25-15)10-11-4-2-1-3-5-11/h1-9H,10H2/b15-9-. The van der Waals surface area contributed by atoms with Gasteiger partial charge in [-0.15, -0.1) is 0 Å². The van der Waals surface area contributed by atoms with Crippen LogP contribution in [0, 0.1) is 10.1 Å². The second-order valence-electron chi connectivity index (χ2n) is 5.22. The average Bonchev–Trinajstić information content (AvgIpc) is 2.85. The summed E-state index contributed by atoms with van der Waals surface area (Å²) in [5.74, 6) is -0.190. The molecule has 1 aliphatic heterocycles. The molecule has 1 amide bonds. The molecule has 1 heterocycles. The van der Waals surface area contributed by atoms with E-state index in [2.05, 4.69) is 15.9 Å². The molecule has 2 aromatic carbocycles. The summed E-state index contributed by atoms with van der Waals surface area (Å²) in [7, 11) is 0. The minimum absolute atomic E-state index is 0.0477. The van der Waals surface area contributed by atoms with Gasteiger partial charge in [-0.05, 0) is 39.2 Å². The normalized spacial score (nSPS) is 15.9. The number of nitrogens with zero attached hydrogens (tertiary/aromatic N) is 2. The first-order valence-corrected chi connectivity index (χ1v) is 9.21. The molecule has 25 heavy (non-hydrogen) atoms. The van der Waals surface area contributed by atoms with Crippen molar-refractivity contribution >= 4 is 61.9 Å². The summed E-state index contributed by atoms with van der Waals surface area (Å²) in [5.41, 5.74) is 1.52. The topological polar surface area (TPSA) is 63.4 Å². The Morgan fingerprint density at radius 1 is 1.24 bits per heavy atom. The van der Waals surface area contributed by atoms with Crippen LogP contribution in [-0.4, -0.2) is 20.1 Å². The number of thiocarbonyl (C=S) groups is 1. The number of carbonyl (C=O) groups excluding carboxylic acids is 1. The highest BCUT2D eigenvalue weighted by molar-refractivity contribution is 9.10. The largest absolute Gasteiger partial charge is 0.288 e. The summed E-state index contributed by atoms with van der Waals surface area (Å²) in [6.07, 6.45) is 1.63. The molecule has 0 aromatic heterocycles. The summed E-state index contributed by atoms with van der Waals surface area (Å²) in [6.45, 7) is 0.406. The van der Waals surface area contributed by atoms with Gasteiger partial charge in [0.25, 0.3) is 11.6 Å². The molecule has 5 nitrogen and oxygen atoms in total. The number of carbonyl (C=O) groups is 1. The van der Waals surface area contributed by atoms with Gasteiger partial charge in [-0.25, -0.2) is 0 Å². The number of benzene rings is 2. The van der Waals surface area contributed by atoms with Crippen LogP contribution in [0.1, 0.15) is 11.1 Å². The predicted octanol–water partition coefficient (Wildman–Crippen LogP) is 4.76. The van der Waals surface area contributed by atoms with Crippen molar-refractivity contribution in [3.05, 3.63) is 79.2 Å². The van der Waals surface area contributed by atoms with Gasteiger partial charge >= 0.3 is 0 Å². The van der Waals surface area contributed by atoms with Crippen molar-refractivity contribution in [3.63, 3.8) is 0 Å². The molecule has 3 rings (SSSR count).